The van der Waals surface area contributed by atoms with Crippen LogP contribution in [0.4, 0.5) is 10.1 Å². The molecule has 1 fully saturated rings. The second-order valence-electron chi connectivity index (χ2n) is 4.49. The molecule has 102 valence electrons. The van der Waals surface area contributed by atoms with E-state index in [9.17, 15) is 14.0 Å². The highest BCUT2D eigenvalue weighted by Gasteiger charge is 2.25. The topological polar surface area (TPSA) is 61.4 Å². The molecule has 0 radical (unpaired) electrons. The van der Waals surface area contributed by atoms with Crippen LogP contribution in [0.3, 0.4) is 0 Å². The molecule has 0 bridgehead atoms. The van der Waals surface area contributed by atoms with Crippen molar-refractivity contribution in [1.29, 1.82) is 0 Å². The van der Waals surface area contributed by atoms with Crippen molar-refractivity contribution in [2.75, 3.05) is 25.0 Å². The summed E-state index contributed by atoms with van der Waals surface area (Å²) in [5.41, 5.74) is 0.516. The first-order valence-corrected chi connectivity index (χ1v) is 6.14. The molecule has 1 aliphatic rings. The van der Waals surface area contributed by atoms with Gasteiger partial charge in [0.2, 0.25) is 11.8 Å². The summed E-state index contributed by atoms with van der Waals surface area (Å²) in [6, 6.07) is 5.25. The van der Waals surface area contributed by atoms with Gasteiger partial charge < -0.3 is 15.5 Å². The molecule has 1 aliphatic heterocycles. The Labute approximate surface area is 110 Å². The third-order valence-corrected chi connectivity index (χ3v) is 2.98. The number of hydrogen-bond donors (Lipinski definition) is 2. The zero-order valence-electron chi connectivity index (χ0n) is 10.6. The molecule has 1 saturated heterocycles. The number of amides is 2. The van der Waals surface area contributed by atoms with E-state index >= 15 is 0 Å². The van der Waals surface area contributed by atoms with Gasteiger partial charge in [-0.2, -0.15) is 0 Å². The summed E-state index contributed by atoms with van der Waals surface area (Å²) in [6.07, 6.45) is 0. The number of carbonyl (C=O) groups excluding carboxylic acids is 2. The lowest BCUT2D eigenvalue weighted by molar-refractivity contribution is -0.138. The van der Waals surface area contributed by atoms with Crippen LogP contribution >= 0.6 is 0 Å². The quantitative estimate of drug-likeness (QED) is 0.840. The summed E-state index contributed by atoms with van der Waals surface area (Å²) in [5, 5.41) is 5.66. The molecular weight excluding hydrogens is 249 g/mol. The number of nitrogens with one attached hydrogen (secondary N) is 2. The minimum atomic E-state index is -0.357. The fraction of sp³-hybridized carbons (Fsp3) is 0.385. The summed E-state index contributed by atoms with van der Waals surface area (Å²) in [7, 11) is 0. The number of piperazine rings is 1. The van der Waals surface area contributed by atoms with Crippen molar-refractivity contribution in [3.63, 3.8) is 0 Å². The Kier molecular flexibility index (Phi) is 4.11. The van der Waals surface area contributed by atoms with Gasteiger partial charge in [0.1, 0.15) is 5.82 Å². The SMILES string of the molecule is CC1NCCN(CC(=O)Nc2ccc(F)cc2)C1=O. The average molecular weight is 265 g/mol. The number of benzene rings is 1. The van der Waals surface area contributed by atoms with Crippen LogP contribution in [0.5, 0.6) is 0 Å². The number of halogens is 1. The number of nitrogens with zero attached hydrogens (tertiary/aromatic N) is 1. The van der Waals surface area contributed by atoms with E-state index in [0.29, 0.717) is 18.8 Å². The molecule has 1 heterocycles. The second-order valence-corrected chi connectivity index (χ2v) is 4.49. The van der Waals surface area contributed by atoms with E-state index in [0.717, 1.165) is 0 Å². The van der Waals surface area contributed by atoms with Gasteiger partial charge in [0.05, 0.1) is 12.6 Å². The molecule has 5 nitrogen and oxygen atoms in total. The number of rotatable bonds is 3. The lowest BCUT2D eigenvalue weighted by Gasteiger charge is -2.30. The van der Waals surface area contributed by atoms with Crippen LogP contribution in [0, 0.1) is 5.82 Å². The fourth-order valence-electron chi connectivity index (χ4n) is 1.95. The fourth-order valence-corrected chi connectivity index (χ4v) is 1.95. The molecule has 2 N–H and O–H groups in total. The molecule has 1 aromatic rings. The Morgan fingerprint density at radius 3 is 2.84 bits per heavy atom. The van der Waals surface area contributed by atoms with Crippen LogP contribution in [0.25, 0.3) is 0 Å². The van der Waals surface area contributed by atoms with Crippen molar-refractivity contribution in [2.24, 2.45) is 0 Å². The molecule has 0 spiro atoms. The van der Waals surface area contributed by atoms with Gasteiger partial charge in [0, 0.05) is 18.8 Å². The first kappa shape index (κ1) is 13.5. The van der Waals surface area contributed by atoms with Gasteiger partial charge in [-0.05, 0) is 31.2 Å². The minimum Gasteiger partial charge on any atom is -0.331 e. The van der Waals surface area contributed by atoms with Gasteiger partial charge in [0.15, 0.2) is 0 Å². The lowest BCUT2D eigenvalue weighted by atomic mass is 10.2. The van der Waals surface area contributed by atoms with E-state index in [1.807, 2.05) is 0 Å². The van der Waals surface area contributed by atoms with E-state index in [1.54, 1.807) is 6.92 Å². The van der Waals surface area contributed by atoms with Crippen molar-refractivity contribution >= 4 is 17.5 Å². The summed E-state index contributed by atoms with van der Waals surface area (Å²) in [4.78, 5) is 25.1. The van der Waals surface area contributed by atoms with Crippen LogP contribution in [-0.4, -0.2) is 42.4 Å². The Bertz CT molecular complexity index is 475. The maximum absolute atomic E-state index is 12.7. The predicted octanol–water partition coefficient (Wildman–Crippen LogP) is 0.584. The van der Waals surface area contributed by atoms with Gasteiger partial charge in [-0.25, -0.2) is 4.39 Å². The normalized spacial score (nSPS) is 19.4. The molecule has 2 rings (SSSR count). The maximum atomic E-state index is 12.7. The van der Waals surface area contributed by atoms with Crippen molar-refractivity contribution in [1.82, 2.24) is 10.2 Å². The van der Waals surface area contributed by atoms with Crippen molar-refractivity contribution in [3.8, 4) is 0 Å². The molecule has 1 unspecified atom stereocenters. The molecule has 6 heteroatoms. The Balaban J connectivity index is 1.90. The van der Waals surface area contributed by atoms with Gasteiger partial charge >= 0.3 is 0 Å². The van der Waals surface area contributed by atoms with Crippen LogP contribution in [0.2, 0.25) is 0 Å². The van der Waals surface area contributed by atoms with Crippen molar-refractivity contribution in [2.45, 2.75) is 13.0 Å². The first-order chi connectivity index (χ1) is 9.06. The van der Waals surface area contributed by atoms with Crippen molar-refractivity contribution < 1.29 is 14.0 Å². The van der Waals surface area contributed by atoms with Crippen LogP contribution in [0.1, 0.15) is 6.92 Å². The number of carbonyl (C=O) groups is 2. The third kappa shape index (κ3) is 3.51. The number of anilines is 1. The summed E-state index contributed by atoms with van der Waals surface area (Å²) in [6.45, 7) is 2.98. The van der Waals surface area contributed by atoms with Crippen LogP contribution in [0.15, 0.2) is 24.3 Å². The van der Waals surface area contributed by atoms with E-state index in [2.05, 4.69) is 10.6 Å². The largest absolute Gasteiger partial charge is 0.331 e. The Morgan fingerprint density at radius 1 is 1.47 bits per heavy atom. The molecule has 1 aromatic carbocycles. The highest BCUT2D eigenvalue weighted by atomic mass is 19.1. The summed E-state index contributed by atoms with van der Waals surface area (Å²) < 4.78 is 12.7. The van der Waals surface area contributed by atoms with Crippen molar-refractivity contribution in [3.05, 3.63) is 30.1 Å². The highest BCUT2D eigenvalue weighted by Crippen LogP contribution is 2.08. The summed E-state index contributed by atoms with van der Waals surface area (Å²) >= 11 is 0. The van der Waals surface area contributed by atoms with E-state index in [1.165, 1.54) is 29.2 Å². The van der Waals surface area contributed by atoms with E-state index in [4.69, 9.17) is 0 Å². The molecule has 2 amide bonds. The molecule has 19 heavy (non-hydrogen) atoms. The predicted molar refractivity (Wildman–Crippen MR) is 69.1 cm³/mol. The van der Waals surface area contributed by atoms with E-state index in [-0.39, 0.29) is 30.2 Å². The highest BCUT2D eigenvalue weighted by molar-refractivity contribution is 5.95. The maximum Gasteiger partial charge on any atom is 0.243 e. The third-order valence-electron chi connectivity index (χ3n) is 2.98. The lowest BCUT2D eigenvalue weighted by Crippen LogP contribution is -2.55. The van der Waals surface area contributed by atoms with Gasteiger partial charge in [0.25, 0.3) is 0 Å². The average Bonchev–Trinajstić information content (AvgIpc) is 2.38. The smallest absolute Gasteiger partial charge is 0.243 e. The Hall–Kier alpha value is -1.95. The van der Waals surface area contributed by atoms with Crippen LogP contribution in [-0.2, 0) is 9.59 Å². The minimum absolute atomic E-state index is 0.0161. The monoisotopic (exact) mass is 265 g/mol. The summed E-state index contributed by atoms with van der Waals surface area (Å²) in [5.74, 6) is -0.723. The number of hydrogen-bond acceptors (Lipinski definition) is 3. The van der Waals surface area contributed by atoms with Gasteiger partial charge in [-0.1, -0.05) is 0 Å². The molecular formula is C13H16FN3O2. The molecule has 0 saturated carbocycles. The van der Waals surface area contributed by atoms with Gasteiger partial charge in [-0.15, -0.1) is 0 Å². The Morgan fingerprint density at radius 2 is 2.16 bits per heavy atom. The van der Waals surface area contributed by atoms with Crippen LogP contribution < -0.4 is 10.6 Å². The zero-order chi connectivity index (χ0) is 13.8. The first-order valence-electron chi connectivity index (χ1n) is 6.14. The molecule has 0 aromatic heterocycles. The van der Waals surface area contributed by atoms with E-state index < -0.39 is 0 Å². The van der Waals surface area contributed by atoms with Gasteiger partial charge in [-0.3, -0.25) is 9.59 Å². The molecule has 1 atom stereocenters. The zero-order valence-corrected chi connectivity index (χ0v) is 10.6. The second kappa shape index (κ2) is 5.79. The molecule has 0 aliphatic carbocycles. The standard InChI is InChI=1S/C13H16FN3O2/c1-9-13(19)17(7-6-15-9)8-12(18)16-11-4-2-10(14)3-5-11/h2-5,9,15H,6-8H2,1H3,(H,16,18).